The first-order valence-corrected chi connectivity index (χ1v) is 9.93. The second-order valence-electron chi connectivity index (χ2n) is 6.59. The molecule has 24 heavy (non-hydrogen) atoms. The van der Waals surface area contributed by atoms with Crippen molar-refractivity contribution in [3.05, 3.63) is 82.1 Å². The summed E-state index contributed by atoms with van der Waals surface area (Å²) in [5, 5.41) is 2.17. The van der Waals surface area contributed by atoms with E-state index in [-0.39, 0.29) is 0 Å². The molecule has 0 aliphatic rings. The van der Waals surface area contributed by atoms with E-state index in [1.165, 1.54) is 47.3 Å². The van der Waals surface area contributed by atoms with Crippen molar-refractivity contribution in [3.8, 4) is 0 Å². The summed E-state index contributed by atoms with van der Waals surface area (Å²) in [5.41, 5.74) is 4.28. The van der Waals surface area contributed by atoms with Gasteiger partial charge in [-0.1, -0.05) is 42.5 Å². The van der Waals surface area contributed by atoms with Crippen LogP contribution in [0.2, 0.25) is 0 Å². The van der Waals surface area contributed by atoms with Gasteiger partial charge in [0.25, 0.3) is 0 Å². The lowest BCUT2D eigenvalue weighted by Gasteiger charge is -2.10. The zero-order valence-corrected chi connectivity index (χ0v) is 15.9. The first-order chi connectivity index (χ1) is 11.7. The van der Waals surface area contributed by atoms with Gasteiger partial charge in [-0.15, -0.1) is 17.9 Å². The Hall–Kier alpha value is -1.60. The Morgan fingerprint density at radius 2 is 1.83 bits per heavy atom. The summed E-state index contributed by atoms with van der Waals surface area (Å²) in [4.78, 5) is 1.51. The molecule has 0 saturated heterocycles. The Balaban J connectivity index is 1.68. The lowest BCUT2D eigenvalue weighted by molar-refractivity contribution is 0.529. The Bertz CT molecular complexity index is 614. The highest BCUT2D eigenvalue weighted by Gasteiger charge is 2.04. The van der Waals surface area contributed by atoms with Gasteiger partial charge in [0.05, 0.1) is 0 Å². The molecular formula is C23H30S. The standard InChI is InChI=1S/C23H30S/c1-4-21(14-9-15-22-16-10-18-24-22)13-6-5-7-17-23-19(2)11-8-12-20(23)3/h4-5,7-8,10-12,16,18,21H,1,6,9,13-15,17H2,2-3H3/b7-5+. The lowest BCUT2D eigenvalue weighted by atomic mass is 9.96. The Labute approximate surface area is 151 Å². The number of hydrogen-bond donors (Lipinski definition) is 0. The van der Waals surface area contributed by atoms with E-state index in [1.54, 1.807) is 0 Å². The van der Waals surface area contributed by atoms with Gasteiger partial charge in [0.15, 0.2) is 0 Å². The molecule has 128 valence electrons. The zero-order valence-electron chi connectivity index (χ0n) is 15.1. The largest absolute Gasteiger partial charge is 0.149 e. The molecule has 2 rings (SSSR count). The molecule has 1 atom stereocenters. The van der Waals surface area contributed by atoms with E-state index < -0.39 is 0 Å². The molecule has 0 saturated carbocycles. The van der Waals surface area contributed by atoms with Gasteiger partial charge in [-0.2, -0.15) is 0 Å². The monoisotopic (exact) mass is 338 g/mol. The maximum absolute atomic E-state index is 4.02. The molecule has 0 spiro atoms. The molecule has 0 aliphatic heterocycles. The lowest BCUT2D eigenvalue weighted by Crippen LogP contribution is -1.97. The predicted octanol–water partition coefficient (Wildman–Crippen LogP) is 7.07. The van der Waals surface area contributed by atoms with Crippen LogP contribution in [0.4, 0.5) is 0 Å². The number of allylic oxidation sites excluding steroid dienone is 3. The minimum absolute atomic E-state index is 0.648. The van der Waals surface area contributed by atoms with Crippen LogP contribution in [0.3, 0.4) is 0 Å². The first kappa shape index (κ1) is 18.7. The molecule has 0 aliphatic carbocycles. The van der Waals surface area contributed by atoms with E-state index in [1.807, 2.05) is 11.3 Å². The summed E-state index contributed by atoms with van der Waals surface area (Å²) in [6, 6.07) is 10.9. The highest BCUT2D eigenvalue weighted by molar-refractivity contribution is 7.09. The van der Waals surface area contributed by atoms with Crippen molar-refractivity contribution in [3.63, 3.8) is 0 Å². The van der Waals surface area contributed by atoms with Gasteiger partial charge in [-0.3, -0.25) is 0 Å². The third kappa shape index (κ3) is 6.13. The summed E-state index contributed by atoms with van der Waals surface area (Å²) >= 11 is 1.87. The third-order valence-electron chi connectivity index (χ3n) is 4.75. The van der Waals surface area contributed by atoms with Crippen LogP contribution in [0, 0.1) is 19.8 Å². The average molecular weight is 339 g/mol. The molecule has 1 heterocycles. The maximum Gasteiger partial charge on any atom is 0.00452 e. The van der Waals surface area contributed by atoms with Crippen LogP contribution in [0.25, 0.3) is 0 Å². The van der Waals surface area contributed by atoms with Crippen LogP contribution in [-0.2, 0) is 12.8 Å². The summed E-state index contributed by atoms with van der Waals surface area (Å²) in [5.74, 6) is 0.648. The SMILES string of the molecule is C=CC(CC/C=C/Cc1c(C)cccc1C)CCCc1cccs1. The molecule has 0 nitrogen and oxygen atoms in total. The Kier molecular flexibility index (Phi) is 8.04. The smallest absolute Gasteiger partial charge is 0.00452 e. The van der Waals surface area contributed by atoms with Gasteiger partial charge in [-0.05, 0) is 86.4 Å². The molecule has 1 aromatic carbocycles. The highest BCUT2D eigenvalue weighted by atomic mass is 32.1. The van der Waals surface area contributed by atoms with E-state index in [2.05, 4.69) is 74.4 Å². The fraction of sp³-hybridized carbons (Fsp3) is 0.391. The number of aryl methyl sites for hydroxylation is 3. The maximum atomic E-state index is 4.02. The van der Waals surface area contributed by atoms with Crippen molar-refractivity contribution in [2.45, 2.75) is 52.4 Å². The molecule has 0 fully saturated rings. The van der Waals surface area contributed by atoms with Crippen molar-refractivity contribution in [1.29, 1.82) is 0 Å². The number of thiophene rings is 1. The molecular weight excluding hydrogens is 308 g/mol. The summed E-state index contributed by atoms with van der Waals surface area (Å²) in [6.45, 7) is 8.44. The minimum atomic E-state index is 0.648. The van der Waals surface area contributed by atoms with Gasteiger partial charge in [-0.25, -0.2) is 0 Å². The normalized spacial score (nSPS) is 12.6. The molecule has 0 amide bonds. The Morgan fingerprint density at radius 3 is 2.50 bits per heavy atom. The van der Waals surface area contributed by atoms with Gasteiger partial charge in [0.2, 0.25) is 0 Å². The zero-order chi connectivity index (χ0) is 17.2. The van der Waals surface area contributed by atoms with Gasteiger partial charge < -0.3 is 0 Å². The van der Waals surface area contributed by atoms with Crippen molar-refractivity contribution in [2.75, 3.05) is 0 Å². The van der Waals surface area contributed by atoms with Crippen LogP contribution in [0.15, 0.2) is 60.5 Å². The average Bonchev–Trinajstić information content (AvgIpc) is 3.08. The van der Waals surface area contributed by atoms with Crippen molar-refractivity contribution < 1.29 is 0 Å². The first-order valence-electron chi connectivity index (χ1n) is 9.05. The Morgan fingerprint density at radius 1 is 1.04 bits per heavy atom. The second kappa shape index (κ2) is 10.3. The molecule has 0 radical (unpaired) electrons. The van der Waals surface area contributed by atoms with Crippen molar-refractivity contribution >= 4 is 11.3 Å². The van der Waals surface area contributed by atoms with E-state index >= 15 is 0 Å². The number of benzene rings is 1. The third-order valence-corrected chi connectivity index (χ3v) is 5.68. The van der Waals surface area contributed by atoms with Gasteiger partial charge >= 0.3 is 0 Å². The van der Waals surface area contributed by atoms with Crippen molar-refractivity contribution in [1.82, 2.24) is 0 Å². The topological polar surface area (TPSA) is 0 Å². The molecule has 2 aromatic rings. The van der Waals surface area contributed by atoms with Gasteiger partial charge in [0.1, 0.15) is 0 Å². The van der Waals surface area contributed by atoms with Crippen LogP contribution in [0.1, 0.15) is 47.3 Å². The van der Waals surface area contributed by atoms with E-state index in [9.17, 15) is 0 Å². The fourth-order valence-electron chi connectivity index (χ4n) is 3.17. The quantitative estimate of drug-likeness (QED) is 0.406. The van der Waals surface area contributed by atoms with E-state index in [0.29, 0.717) is 5.92 Å². The minimum Gasteiger partial charge on any atom is -0.149 e. The number of hydrogen-bond acceptors (Lipinski definition) is 1. The predicted molar refractivity (Wildman–Crippen MR) is 109 cm³/mol. The van der Waals surface area contributed by atoms with Crippen LogP contribution in [-0.4, -0.2) is 0 Å². The molecule has 1 heteroatoms. The fourth-order valence-corrected chi connectivity index (χ4v) is 3.92. The summed E-state index contributed by atoms with van der Waals surface area (Å²) in [7, 11) is 0. The highest BCUT2D eigenvalue weighted by Crippen LogP contribution is 2.19. The van der Waals surface area contributed by atoms with Crippen LogP contribution >= 0.6 is 11.3 Å². The summed E-state index contributed by atoms with van der Waals surface area (Å²) in [6.07, 6.45) is 14.0. The van der Waals surface area contributed by atoms with Crippen LogP contribution in [0.5, 0.6) is 0 Å². The summed E-state index contributed by atoms with van der Waals surface area (Å²) < 4.78 is 0. The molecule has 0 N–H and O–H groups in total. The van der Waals surface area contributed by atoms with E-state index in [0.717, 1.165) is 12.8 Å². The van der Waals surface area contributed by atoms with Gasteiger partial charge in [0, 0.05) is 4.88 Å². The van der Waals surface area contributed by atoms with E-state index in [4.69, 9.17) is 0 Å². The van der Waals surface area contributed by atoms with Crippen molar-refractivity contribution in [2.24, 2.45) is 5.92 Å². The molecule has 1 aromatic heterocycles. The second-order valence-corrected chi connectivity index (χ2v) is 7.62. The van der Waals surface area contributed by atoms with Crippen LogP contribution < -0.4 is 0 Å². The molecule has 0 bridgehead atoms. The molecule has 1 unspecified atom stereocenters. The number of rotatable bonds is 10.